The lowest BCUT2D eigenvalue weighted by molar-refractivity contribution is -0.108. The van der Waals surface area contributed by atoms with Gasteiger partial charge in [-0.25, -0.2) is 0 Å². The summed E-state index contributed by atoms with van der Waals surface area (Å²) in [5.74, 6) is 0. The molecule has 0 N–H and O–H groups in total. The number of nitrogens with zero attached hydrogens (tertiary/aromatic N) is 4. The fourth-order valence-electron chi connectivity index (χ4n) is 6.09. The number of aldehydes is 2. The van der Waals surface area contributed by atoms with Crippen LogP contribution in [0.5, 0.6) is 0 Å². The van der Waals surface area contributed by atoms with Crippen molar-refractivity contribution in [3.05, 3.63) is 53.3 Å². The number of carbonyl (C=O) groups is 2. The van der Waals surface area contributed by atoms with Gasteiger partial charge in [-0.1, -0.05) is 32.8 Å². The summed E-state index contributed by atoms with van der Waals surface area (Å²) < 4.78 is 8.13. The number of carbonyl (C=O) groups excluding carboxylic acids is 2. The van der Waals surface area contributed by atoms with Crippen molar-refractivity contribution in [1.82, 2.24) is 9.55 Å². The van der Waals surface area contributed by atoms with Crippen molar-refractivity contribution >= 4 is 34.9 Å². The van der Waals surface area contributed by atoms with Gasteiger partial charge in [0.15, 0.2) is 0 Å². The molecule has 2 aromatic heterocycles. The van der Waals surface area contributed by atoms with Gasteiger partial charge in [-0.2, -0.15) is 10.2 Å². The molecule has 7 nitrogen and oxygen atoms in total. The number of benzene rings is 1. The van der Waals surface area contributed by atoms with Crippen LogP contribution in [0.3, 0.4) is 0 Å². The van der Waals surface area contributed by atoms with Crippen LogP contribution in [0.1, 0.15) is 108 Å². The van der Waals surface area contributed by atoms with E-state index in [1.807, 2.05) is 19.2 Å². The largest absolute Gasteiger partial charge is 0.375 e. The van der Waals surface area contributed by atoms with Crippen molar-refractivity contribution in [2.75, 3.05) is 7.11 Å². The second-order valence-electron chi connectivity index (χ2n) is 12.2. The van der Waals surface area contributed by atoms with E-state index in [9.17, 15) is 9.59 Å². The van der Waals surface area contributed by atoms with Gasteiger partial charge in [-0.3, -0.25) is 4.98 Å². The van der Waals surface area contributed by atoms with Crippen LogP contribution in [0.25, 0.3) is 22.2 Å². The molecule has 0 bridgehead atoms. The zero-order valence-corrected chi connectivity index (χ0v) is 26.0. The molecule has 0 amide bonds. The number of methoxy groups -OCH3 is 1. The number of hydrogen-bond donors (Lipinski definition) is 0. The highest BCUT2D eigenvalue weighted by Gasteiger charge is 2.28. The average Bonchev–Trinajstić information content (AvgIpc) is 3.59. The van der Waals surface area contributed by atoms with Crippen molar-refractivity contribution in [2.45, 2.75) is 105 Å². The van der Waals surface area contributed by atoms with Gasteiger partial charge < -0.3 is 18.9 Å². The first kappa shape index (κ1) is 31.5. The summed E-state index contributed by atoms with van der Waals surface area (Å²) >= 11 is 0. The molecular weight excluding hydrogens is 524 g/mol. The molecule has 1 aromatic carbocycles. The number of rotatable bonds is 17. The Kier molecular flexibility index (Phi) is 11.0. The van der Waals surface area contributed by atoms with Crippen LogP contribution < -0.4 is 0 Å². The van der Waals surface area contributed by atoms with E-state index >= 15 is 0 Å². The molecule has 0 aliphatic carbocycles. The molecule has 1 aliphatic rings. The van der Waals surface area contributed by atoms with E-state index in [2.05, 4.69) is 59.8 Å². The Bertz CT molecular complexity index is 1450. The van der Waals surface area contributed by atoms with E-state index in [0.29, 0.717) is 12.8 Å². The summed E-state index contributed by atoms with van der Waals surface area (Å²) in [6.45, 7) is 9.55. The quantitative estimate of drug-likeness (QED) is 0.121. The molecule has 0 radical (unpaired) electrons. The summed E-state index contributed by atoms with van der Waals surface area (Å²) in [7, 11) is 1.72. The van der Waals surface area contributed by atoms with Crippen LogP contribution >= 0.6 is 0 Å². The maximum atomic E-state index is 11.3. The van der Waals surface area contributed by atoms with E-state index < -0.39 is 0 Å². The predicted molar refractivity (Wildman–Crippen MR) is 171 cm³/mol. The van der Waals surface area contributed by atoms with Crippen LogP contribution in [0.4, 0.5) is 0 Å². The minimum Gasteiger partial charge on any atom is -0.375 e. The average molecular weight is 571 g/mol. The molecule has 4 rings (SSSR count). The number of hydrogen-bond acceptors (Lipinski definition) is 6. The highest BCUT2D eigenvalue weighted by atomic mass is 16.5. The first-order valence-electron chi connectivity index (χ1n) is 15.5. The molecule has 0 fully saturated rings. The van der Waals surface area contributed by atoms with Gasteiger partial charge in [0.05, 0.1) is 23.2 Å². The van der Waals surface area contributed by atoms with Crippen molar-refractivity contribution in [3.8, 4) is 11.3 Å². The summed E-state index contributed by atoms with van der Waals surface area (Å²) in [4.78, 5) is 26.6. The summed E-state index contributed by atoms with van der Waals surface area (Å²) in [5, 5.41) is 10.4. The molecule has 1 aliphatic heterocycles. The Morgan fingerprint density at radius 1 is 1.05 bits per heavy atom. The van der Waals surface area contributed by atoms with Crippen LogP contribution in [0.2, 0.25) is 0 Å². The molecule has 0 saturated carbocycles. The molecular formula is C35H46N4O3. The lowest BCUT2D eigenvalue weighted by Crippen LogP contribution is -2.16. The minimum absolute atomic E-state index is 0.0688. The lowest BCUT2D eigenvalue weighted by Gasteiger charge is -2.25. The summed E-state index contributed by atoms with van der Waals surface area (Å²) in [6.07, 6.45) is 12.5. The van der Waals surface area contributed by atoms with E-state index in [1.54, 1.807) is 7.11 Å². The second kappa shape index (κ2) is 14.6. The van der Waals surface area contributed by atoms with E-state index in [4.69, 9.17) is 9.72 Å². The third-order valence-corrected chi connectivity index (χ3v) is 8.47. The number of pyridine rings is 1. The summed E-state index contributed by atoms with van der Waals surface area (Å²) in [6, 6.07) is 10.9. The fourth-order valence-corrected chi connectivity index (χ4v) is 6.09. The minimum atomic E-state index is -0.149. The predicted octanol–water partition coefficient (Wildman–Crippen LogP) is 8.07. The van der Waals surface area contributed by atoms with Gasteiger partial charge >= 0.3 is 0 Å². The first-order valence-corrected chi connectivity index (χ1v) is 15.5. The third-order valence-electron chi connectivity index (χ3n) is 8.47. The maximum Gasteiger partial charge on any atom is 0.120 e. The van der Waals surface area contributed by atoms with Gasteiger partial charge in [-0.15, -0.1) is 0 Å². The van der Waals surface area contributed by atoms with Gasteiger partial charge in [0.1, 0.15) is 12.6 Å². The highest BCUT2D eigenvalue weighted by molar-refractivity contribution is 6.16. The number of ether oxygens (including phenoxy) is 1. The Balaban J connectivity index is 1.72. The highest BCUT2D eigenvalue weighted by Crippen LogP contribution is 2.41. The molecule has 1 atom stereocenters. The van der Waals surface area contributed by atoms with Crippen molar-refractivity contribution < 1.29 is 14.3 Å². The molecule has 3 heterocycles. The molecule has 3 aromatic rings. The molecule has 0 saturated heterocycles. The molecule has 42 heavy (non-hydrogen) atoms. The third kappa shape index (κ3) is 7.30. The normalized spacial score (nSPS) is 14.2. The lowest BCUT2D eigenvalue weighted by atomic mass is 9.80. The van der Waals surface area contributed by atoms with Crippen molar-refractivity contribution in [1.29, 1.82) is 0 Å². The number of aromatic nitrogens is 2. The SMILES string of the molecule is CCn1c(-c2cccnc2C(C)OC)c(CC(C)(C)CCC=O)c2cc(C3=NN=C(CCCCCCC=O)C3)ccc21. The standard InChI is InChI=1S/C35H46N4O3/c1-6-39-32-17-16-26(31-23-27(37-38-31)14-10-8-7-9-11-20-40)22-29(32)30(24-35(3,4)18-13-21-41)34(39)28-15-12-19-36-33(28)25(2)42-5/h12,15-17,19-22,25H,6-11,13-14,18,23-24H2,1-5H3. The fraction of sp³-hybridized carbons (Fsp3) is 0.514. The summed E-state index contributed by atoms with van der Waals surface area (Å²) in [5.41, 5.74) is 8.84. The Labute approximate surface area is 250 Å². The molecule has 0 spiro atoms. The second-order valence-corrected chi connectivity index (χ2v) is 12.2. The van der Waals surface area contributed by atoms with Crippen LogP contribution in [-0.2, 0) is 27.3 Å². The van der Waals surface area contributed by atoms with Crippen molar-refractivity contribution in [3.63, 3.8) is 0 Å². The van der Waals surface area contributed by atoms with Gasteiger partial charge in [-0.05, 0) is 86.8 Å². The van der Waals surface area contributed by atoms with Crippen LogP contribution in [-0.4, -0.2) is 40.7 Å². The smallest absolute Gasteiger partial charge is 0.120 e. The van der Waals surface area contributed by atoms with E-state index in [1.165, 1.54) is 22.2 Å². The number of fused-ring (bicyclic) bond motifs is 1. The molecule has 1 unspecified atom stereocenters. The number of aryl methyl sites for hydroxylation is 1. The topological polar surface area (TPSA) is 85.9 Å². The maximum absolute atomic E-state index is 11.3. The van der Waals surface area contributed by atoms with E-state index in [0.717, 1.165) is 98.7 Å². The van der Waals surface area contributed by atoms with Gasteiger partial charge in [0.25, 0.3) is 0 Å². The van der Waals surface area contributed by atoms with Crippen molar-refractivity contribution in [2.24, 2.45) is 15.6 Å². The van der Waals surface area contributed by atoms with Crippen LogP contribution in [0, 0.1) is 5.41 Å². The molecule has 224 valence electrons. The molecule has 7 heteroatoms. The monoisotopic (exact) mass is 570 g/mol. The zero-order chi connectivity index (χ0) is 30.1. The Hall–Kier alpha value is -3.45. The number of unbranched alkanes of at least 4 members (excludes halogenated alkanes) is 4. The van der Waals surface area contributed by atoms with E-state index in [-0.39, 0.29) is 11.5 Å². The van der Waals surface area contributed by atoms with Crippen LogP contribution in [0.15, 0.2) is 46.7 Å². The van der Waals surface area contributed by atoms with Gasteiger partial charge in [0, 0.05) is 61.3 Å². The zero-order valence-electron chi connectivity index (χ0n) is 26.0. The first-order chi connectivity index (χ1) is 20.3. The van der Waals surface area contributed by atoms with Gasteiger partial charge in [0.2, 0.25) is 0 Å². The Morgan fingerprint density at radius 3 is 2.57 bits per heavy atom. The Morgan fingerprint density at radius 2 is 1.83 bits per heavy atom.